The minimum absolute atomic E-state index is 0.400. The van der Waals surface area contributed by atoms with Gasteiger partial charge in [0.05, 0.1) is 10.7 Å². The summed E-state index contributed by atoms with van der Waals surface area (Å²) in [6.45, 7) is 0. The maximum atomic E-state index is 12.0. The Morgan fingerprint density at radius 2 is 1.52 bits per heavy atom. The van der Waals surface area contributed by atoms with Gasteiger partial charge in [-0.2, -0.15) is 5.10 Å². The Kier molecular flexibility index (Phi) is 4.25. The topological polar surface area (TPSA) is 77.0 Å². The summed E-state index contributed by atoms with van der Waals surface area (Å²) in [7, 11) is 0. The standard InChI is InChI=1S/C16H11ClN2O4/c17-11-8-4-5-9-12(11)18-19-13-14(20)22-16(23-15(13)21)10-6-2-1-3-7-10/h1-9,16,18H. The van der Waals surface area contributed by atoms with Crippen LogP contribution in [0.3, 0.4) is 0 Å². The number of hydrogen-bond donors (Lipinski definition) is 1. The monoisotopic (exact) mass is 330 g/mol. The van der Waals surface area contributed by atoms with Crippen LogP contribution in [0.25, 0.3) is 0 Å². The van der Waals surface area contributed by atoms with Crippen LogP contribution in [-0.2, 0) is 19.1 Å². The van der Waals surface area contributed by atoms with Crippen LogP contribution in [0.1, 0.15) is 11.9 Å². The lowest BCUT2D eigenvalue weighted by Crippen LogP contribution is -2.37. The van der Waals surface area contributed by atoms with E-state index in [1.807, 2.05) is 0 Å². The highest BCUT2D eigenvalue weighted by Crippen LogP contribution is 2.24. The van der Waals surface area contributed by atoms with Crippen molar-refractivity contribution in [1.82, 2.24) is 0 Å². The number of anilines is 1. The molecule has 0 aliphatic carbocycles. The number of cyclic esters (lactones) is 2. The normalized spacial score (nSPS) is 17.3. The highest BCUT2D eigenvalue weighted by atomic mass is 35.5. The van der Waals surface area contributed by atoms with Crippen molar-refractivity contribution in [3.63, 3.8) is 0 Å². The lowest BCUT2D eigenvalue weighted by atomic mass is 10.2. The number of halogens is 1. The van der Waals surface area contributed by atoms with E-state index in [9.17, 15) is 9.59 Å². The van der Waals surface area contributed by atoms with E-state index in [1.54, 1.807) is 54.6 Å². The van der Waals surface area contributed by atoms with E-state index in [0.717, 1.165) is 0 Å². The summed E-state index contributed by atoms with van der Waals surface area (Å²) in [5.41, 5.74) is 3.09. The second-order valence-electron chi connectivity index (χ2n) is 4.61. The van der Waals surface area contributed by atoms with Crippen LogP contribution in [0.2, 0.25) is 5.02 Å². The summed E-state index contributed by atoms with van der Waals surface area (Å²) in [5.74, 6) is -1.73. The lowest BCUT2D eigenvalue weighted by Gasteiger charge is -2.23. The summed E-state index contributed by atoms with van der Waals surface area (Å²) in [6.07, 6.45) is -1.07. The van der Waals surface area contributed by atoms with Gasteiger partial charge < -0.3 is 9.47 Å². The number of nitrogens with zero attached hydrogens (tertiary/aromatic N) is 1. The minimum Gasteiger partial charge on any atom is -0.416 e. The molecule has 2 aromatic rings. The van der Waals surface area contributed by atoms with E-state index in [0.29, 0.717) is 16.3 Å². The molecule has 1 aliphatic heterocycles. The summed E-state index contributed by atoms with van der Waals surface area (Å²) in [6, 6.07) is 15.5. The van der Waals surface area contributed by atoms with Gasteiger partial charge >= 0.3 is 11.9 Å². The average Bonchev–Trinajstić information content (AvgIpc) is 2.56. The lowest BCUT2D eigenvalue weighted by molar-refractivity contribution is -0.188. The molecule has 23 heavy (non-hydrogen) atoms. The number of esters is 2. The summed E-state index contributed by atoms with van der Waals surface area (Å²) < 4.78 is 10.2. The van der Waals surface area contributed by atoms with E-state index in [2.05, 4.69) is 10.5 Å². The van der Waals surface area contributed by atoms with Gasteiger partial charge in [0.15, 0.2) is 0 Å². The predicted octanol–water partition coefficient (Wildman–Crippen LogP) is 2.91. The Balaban J connectivity index is 1.76. The molecule has 3 rings (SSSR count). The van der Waals surface area contributed by atoms with Crippen LogP contribution in [0.4, 0.5) is 5.69 Å². The van der Waals surface area contributed by atoms with Crippen molar-refractivity contribution in [3.05, 3.63) is 65.2 Å². The molecule has 0 spiro atoms. The minimum atomic E-state index is -1.07. The third kappa shape index (κ3) is 3.32. The summed E-state index contributed by atoms with van der Waals surface area (Å²) >= 11 is 5.95. The molecule has 0 unspecified atom stereocenters. The van der Waals surface area contributed by atoms with Crippen molar-refractivity contribution in [3.8, 4) is 0 Å². The van der Waals surface area contributed by atoms with Gasteiger partial charge in [-0.3, -0.25) is 5.43 Å². The number of benzene rings is 2. The zero-order chi connectivity index (χ0) is 16.2. The molecular weight excluding hydrogens is 320 g/mol. The number of carbonyl (C=O) groups is 2. The van der Waals surface area contributed by atoms with Gasteiger partial charge in [0.2, 0.25) is 0 Å². The molecule has 2 aromatic carbocycles. The maximum Gasteiger partial charge on any atom is 0.369 e. The highest BCUT2D eigenvalue weighted by molar-refractivity contribution is 6.63. The van der Waals surface area contributed by atoms with Crippen molar-refractivity contribution in [1.29, 1.82) is 0 Å². The smallest absolute Gasteiger partial charge is 0.369 e. The Morgan fingerprint density at radius 1 is 0.913 bits per heavy atom. The Hall–Kier alpha value is -2.86. The number of para-hydroxylation sites is 1. The molecule has 116 valence electrons. The van der Waals surface area contributed by atoms with Crippen LogP contribution < -0.4 is 5.43 Å². The van der Waals surface area contributed by atoms with Crippen molar-refractivity contribution in [2.45, 2.75) is 6.29 Å². The molecule has 6 nitrogen and oxygen atoms in total. The second-order valence-corrected chi connectivity index (χ2v) is 5.01. The Bertz CT molecular complexity index is 757. The first kappa shape index (κ1) is 15.1. The molecule has 1 fully saturated rings. The SMILES string of the molecule is O=C1OC(c2ccccc2)OC(=O)C1=NNc1ccccc1Cl. The van der Waals surface area contributed by atoms with Crippen LogP contribution in [0.5, 0.6) is 0 Å². The fourth-order valence-electron chi connectivity index (χ4n) is 1.92. The quantitative estimate of drug-likeness (QED) is 0.691. The van der Waals surface area contributed by atoms with Crippen molar-refractivity contribution < 1.29 is 19.1 Å². The number of nitrogens with one attached hydrogen (secondary N) is 1. The van der Waals surface area contributed by atoms with Crippen LogP contribution in [-0.4, -0.2) is 17.7 Å². The van der Waals surface area contributed by atoms with Gasteiger partial charge in [-0.05, 0) is 12.1 Å². The number of rotatable bonds is 3. The molecular formula is C16H11ClN2O4. The zero-order valence-electron chi connectivity index (χ0n) is 11.7. The van der Waals surface area contributed by atoms with Crippen LogP contribution in [0.15, 0.2) is 59.7 Å². The number of carbonyl (C=O) groups excluding carboxylic acids is 2. The molecule has 1 saturated heterocycles. The number of hydrogen-bond acceptors (Lipinski definition) is 6. The molecule has 0 radical (unpaired) electrons. The van der Waals surface area contributed by atoms with Crippen molar-refractivity contribution in [2.75, 3.05) is 5.43 Å². The molecule has 0 aromatic heterocycles. The highest BCUT2D eigenvalue weighted by Gasteiger charge is 2.36. The first-order chi connectivity index (χ1) is 11.1. The van der Waals surface area contributed by atoms with E-state index in [-0.39, 0.29) is 0 Å². The van der Waals surface area contributed by atoms with Crippen LogP contribution >= 0.6 is 11.6 Å². The van der Waals surface area contributed by atoms with E-state index >= 15 is 0 Å². The fraction of sp³-hybridized carbons (Fsp3) is 0.0625. The van der Waals surface area contributed by atoms with Gasteiger partial charge in [0.25, 0.3) is 12.0 Å². The third-order valence-corrected chi connectivity index (χ3v) is 3.38. The summed E-state index contributed by atoms with van der Waals surface area (Å²) in [4.78, 5) is 23.9. The first-order valence-electron chi connectivity index (χ1n) is 6.70. The number of ether oxygens (including phenoxy) is 2. The maximum absolute atomic E-state index is 12.0. The van der Waals surface area contributed by atoms with Crippen LogP contribution in [0, 0.1) is 0 Å². The molecule has 1 aliphatic rings. The van der Waals surface area contributed by atoms with E-state index in [1.165, 1.54) is 0 Å². The average molecular weight is 331 g/mol. The van der Waals surface area contributed by atoms with Crippen molar-refractivity contribution >= 4 is 34.9 Å². The molecule has 0 bridgehead atoms. The second kappa shape index (κ2) is 6.50. The molecule has 0 amide bonds. The largest absolute Gasteiger partial charge is 0.416 e. The van der Waals surface area contributed by atoms with Gasteiger partial charge in [-0.25, -0.2) is 9.59 Å². The van der Waals surface area contributed by atoms with Gasteiger partial charge in [0.1, 0.15) is 0 Å². The third-order valence-electron chi connectivity index (χ3n) is 3.05. The molecule has 1 N–H and O–H groups in total. The summed E-state index contributed by atoms with van der Waals surface area (Å²) in [5, 5.41) is 4.14. The Morgan fingerprint density at radius 3 is 2.17 bits per heavy atom. The zero-order valence-corrected chi connectivity index (χ0v) is 12.5. The number of hydrazone groups is 1. The fourth-order valence-corrected chi connectivity index (χ4v) is 2.10. The molecule has 7 heteroatoms. The van der Waals surface area contributed by atoms with Gasteiger partial charge in [0, 0.05) is 5.56 Å². The Labute approximate surface area is 136 Å². The van der Waals surface area contributed by atoms with E-state index in [4.69, 9.17) is 21.1 Å². The van der Waals surface area contributed by atoms with Gasteiger partial charge in [-0.15, -0.1) is 0 Å². The van der Waals surface area contributed by atoms with Gasteiger partial charge in [-0.1, -0.05) is 54.1 Å². The first-order valence-corrected chi connectivity index (χ1v) is 7.08. The van der Waals surface area contributed by atoms with E-state index < -0.39 is 23.9 Å². The molecule has 0 saturated carbocycles. The molecule has 1 heterocycles. The predicted molar refractivity (Wildman–Crippen MR) is 83.9 cm³/mol. The molecule has 0 atom stereocenters. The van der Waals surface area contributed by atoms with Crippen molar-refractivity contribution in [2.24, 2.45) is 5.10 Å².